The van der Waals surface area contributed by atoms with Crippen molar-refractivity contribution in [2.24, 2.45) is 5.92 Å². The third kappa shape index (κ3) is 3.87. The van der Waals surface area contributed by atoms with Gasteiger partial charge in [-0.1, -0.05) is 0 Å². The van der Waals surface area contributed by atoms with E-state index in [1.165, 1.54) is 0 Å². The number of hydrogen-bond acceptors (Lipinski definition) is 4. The largest absolute Gasteiger partial charge is 0.396 e. The molecular formula is C4H9NO4. The summed E-state index contributed by atoms with van der Waals surface area (Å²) in [5.74, 6) is -0.611. The van der Waals surface area contributed by atoms with Gasteiger partial charge in [0, 0.05) is 4.92 Å². The Bertz CT molecular complexity index is 90.6. The highest BCUT2D eigenvalue weighted by Gasteiger charge is 2.11. The number of rotatable bonds is 4. The van der Waals surface area contributed by atoms with Crippen LogP contribution >= 0.6 is 0 Å². The van der Waals surface area contributed by atoms with Gasteiger partial charge >= 0.3 is 0 Å². The molecule has 9 heavy (non-hydrogen) atoms. The Morgan fingerprint density at radius 1 is 1.44 bits per heavy atom. The highest BCUT2D eigenvalue weighted by molar-refractivity contribution is 4.50. The van der Waals surface area contributed by atoms with Gasteiger partial charge in [-0.25, -0.2) is 0 Å². The Balaban J connectivity index is 3.43. The van der Waals surface area contributed by atoms with Gasteiger partial charge < -0.3 is 10.2 Å². The smallest absolute Gasteiger partial charge is 0.211 e. The van der Waals surface area contributed by atoms with Gasteiger partial charge in [-0.15, -0.1) is 0 Å². The Hall–Kier alpha value is -0.680. The Labute approximate surface area is 52.1 Å². The molecular weight excluding hydrogens is 126 g/mol. The number of aliphatic hydroxyl groups excluding tert-OH is 2. The van der Waals surface area contributed by atoms with Crippen molar-refractivity contribution >= 4 is 0 Å². The zero-order chi connectivity index (χ0) is 7.28. The van der Waals surface area contributed by atoms with Crippen LogP contribution in [0.3, 0.4) is 0 Å². The van der Waals surface area contributed by atoms with Crippen LogP contribution < -0.4 is 0 Å². The normalized spacial score (nSPS) is 10.1. The molecule has 5 nitrogen and oxygen atoms in total. The van der Waals surface area contributed by atoms with Crippen molar-refractivity contribution in [1.82, 2.24) is 0 Å². The molecule has 0 spiro atoms. The highest BCUT2D eigenvalue weighted by Crippen LogP contribution is 1.91. The summed E-state index contributed by atoms with van der Waals surface area (Å²) in [5, 5.41) is 26.3. The first-order chi connectivity index (χ1) is 4.20. The van der Waals surface area contributed by atoms with Crippen molar-refractivity contribution in [3.63, 3.8) is 0 Å². The minimum atomic E-state index is -0.611. The van der Waals surface area contributed by atoms with Gasteiger partial charge in [0.25, 0.3) is 0 Å². The first-order valence-corrected chi connectivity index (χ1v) is 2.54. The molecule has 0 unspecified atom stereocenters. The zero-order valence-corrected chi connectivity index (χ0v) is 4.86. The summed E-state index contributed by atoms with van der Waals surface area (Å²) in [6.07, 6.45) is 0. The molecule has 2 N–H and O–H groups in total. The molecule has 0 aromatic carbocycles. The summed E-state index contributed by atoms with van der Waals surface area (Å²) in [6, 6.07) is 0. The standard InChI is InChI=1S/C4H9NO4/c6-2-4(3-7)1-5(8)9/h4,6-7H,1-3H2. The van der Waals surface area contributed by atoms with Crippen LogP contribution in [0.5, 0.6) is 0 Å². The Morgan fingerprint density at radius 2 is 1.89 bits per heavy atom. The first kappa shape index (κ1) is 8.32. The maximum Gasteiger partial charge on any atom is 0.211 e. The number of hydrogen-bond donors (Lipinski definition) is 2. The summed E-state index contributed by atoms with van der Waals surface area (Å²) in [7, 11) is 0. The van der Waals surface area contributed by atoms with E-state index < -0.39 is 10.8 Å². The van der Waals surface area contributed by atoms with Crippen LogP contribution in [0, 0.1) is 16.0 Å². The van der Waals surface area contributed by atoms with E-state index >= 15 is 0 Å². The monoisotopic (exact) mass is 135 g/mol. The van der Waals surface area contributed by atoms with Crippen molar-refractivity contribution in [2.45, 2.75) is 0 Å². The molecule has 0 rings (SSSR count). The molecule has 0 atom stereocenters. The van der Waals surface area contributed by atoms with Gasteiger partial charge in [-0.2, -0.15) is 0 Å². The fourth-order valence-corrected chi connectivity index (χ4v) is 0.384. The Morgan fingerprint density at radius 3 is 2.00 bits per heavy atom. The zero-order valence-electron chi connectivity index (χ0n) is 4.86. The average Bonchev–Trinajstić information content (AvgIpc) is 1.82. The summed E-state index contributed by atoms with van der Waals surface area (Å²) in [5.41, 5.74) is 0. The summed E-state index contributed by atoms with van der Waals surface area (Å²) < 4.78 is 0. The van der Waals surface area contributed by atoms with E-state index in [2.05, 4.69) is 0 Å². The van der Waals surface area contributed by atoms with Gasteiger partial charge in [-0.3, -0.25) is 10.1 Å². The summed E-state index contributed by atoms with van der Waals surface area (Å²) in [6.45, 7) is -1.04. The van der Waals surface area contributed by atoms with Crippen molar-refractivity contribution in [3.05, 3.63) is 10.1 Å². The SMILES string of the molecule is O=[N+]([O-])CC(CO)CO. The average molecular weight is 135 g/mol. The van der Waals surface area contributed by atoms with E-state index in [9.17, 15) is 10.1 Å². The topological polar surface area (TPSA) is 83.6 Å². The van der Waals surface area contributed by atoms with Gasteiger partial charge in [0.05, 0.1) is 19.1 Å². The number of nitro groups is 1. The molecule has 54 valence electrons. The second-order valence-corrected chi connectivity index (χ2v) is 1.75. The molecule has 0 fully saturated rings. The van der Waals surface area contributed by atoms with E-state index in [-0.39, 0.29) is 19.8 Å². The highest BCUT2D eigenvalue weighted by atomic mass is 16.6. The second kappa shape index (κ2) is 4.22. The van der Waals surface area contributed by atoms with Crippen LogP contribution in [0.2, 0.25) is 0 Å². The van der Waals surface area contributed by atoms with Gasteiger partial charge in [0.2, 0.25) is 6.54 Å². The minimum absolute atomic E-state index is 0.336. The van der Waals surface area contributed by atoms with Crippen LogP contribution in [0.1, 0.15) is 0 Å². The van der Waals surface area contributed by atoms with Crippen molar-refractivity contribution in [2.75, 3.05) is 19.8 Å². The van der Waals surface area contributed by atoms with Gasteiger partial charge in [-0.05, 0) is 0 Å². The van der Waals surface area contributed by atoms with Crippen LogP contribution in [-0.2, 0) is 0 Å². The predicted molar refractivity (Wildman–Crippen MR) is 29.5 cm³/mol. The van der Waals surface area contributed by atoms with Crippen LogP contribution in [-0.4, -0.2) is 34.9 Å². The molecule has 0 aliphatic rings. The quantitative estimate of drug-likeness (QED) is 0.377. The summed E-state index contributed by atoms with van der Waals surface area (Å²) in [4.78, 5) is 9.15. The lowest BCUT2D eigenvalue weighted by Crippen LogP contribution is -2.21. The van der Waals surface area contributed by atoms with E-state index in [4.69, 9.17) is 10.2 Å². The van der Waals surface area contributed by atoms with Crippen molar-refractivity contribution in [3.8, 4) is 0 Å². The van der Waals surface area contributed by atoms with Gasteiger partial charge in [0.1, 0.15) is 0 Å². The third-order valence-corrected chi connectivity index (χ3v) is 0.924. The molecule has 0 aliphatic carbocycles. The molecule has 0 saturated heterocycles. The Kier molecular flexibility index (Phi) is 3.90. The second-order valence-electron chi connectivity index (χ2n) is 1.75. The van der Waals surface area contributed by atoms with Crippen molar-refractivity contribution < 1.29 is 15.1 Å². The van der Waals surface area contributed by atoms with E-state index in [1.807, 2.05) is 0 Å². The molecule has 0 aromatic rings. The maximum atomic E-state index is 9.71. The number of nitrogens with zero attached hydrogens (tertiary/aromatic N) is 1. The van der Waals surface area contributed by atoms with Gasteiger partial charge in [0.15, 0.2) is 0 Å². The van der Waals surface area contributed by atoms with E-state index in [1.54, 1.807) is 0 Å². The number of aliphatic hydroxyl groups is 2. The molecule has 0 amide bonds. The molecule has 5 heteroatoms. The van der Waals surface area contributed by atoms with Crippen molar-refractivity contribution in [1.29, 1.82) is 0 Å². The fourth-order valence-electron chi connectivity index (χ4n) is 0.384. The maximum absolute atomic E-state index is 9.71. The molecule has 0 aliphatic heterocycles. The summed E-state index contributed by atoms with van der Waals surface area (Å²) >= 11 is 0. The molecule has 0 radical (unpaired) electrons. The fraction of sp³-hybridized carbons (Fsp3) is 1.00. The lowest BCUT2D eigenvalue weighted by molar-refractivity contribution is -0.489. The lowest BCUT2D eigenvalue weighted by Gasteiger charge is -2.02. The minimum Gasteiger partial charge on any atom is -0.396 e. The van der Waals surface area contributed by atoms with Crippen LogP contribution in [0.15, 0.2) is 0 Å². The third-order valence-electron chi connectivity index (χ3n) is 0.924. The lowest BCUT2D eigenvalue weighted by atomic mass is 10.2. The predicted octanol–water partition coefficient (Wildman–Crippen LogP) is -1.14. The molecule has 0 aromatic heterocycles. The first-order valence-electron chi connectivity index (χ1n) is 2.54. The van der Waals surface area contributed by atoms with E-state index in [0.717, 1.165) is 0 Å². The molecule has 0 saturated carbocycles. The molecule has 0 bridgehead atoms. The van der Waals surface area contributed by atoms with E-state index in [0.29, 0.717) is 0 Å². The molecule has 0 heterocycles. The van der Waals surface area contributed by atoms with Crippen LogP contribution in [0.25, 0.3) is 0 Å². The van der Waals surface area contributed by atoms with Crippen LogP contribution in [0.4, 0.5) is 0 Å².